The Hall–Kier alpha value is -0.730. The van der Waals surface area contributed by atoms with Crippen molar-refractivity contribution < 1.29 is 4.74 Å². The third kappa shape index (κ3) is 3.24. The Kier molecular flexibility index (Phi) is 4.42. The molecule has 2 rings (SSSR count). The largest absolute Gasteiger partial charge is 0.360 e. The van der Waals surface area contributed by atoms with Gasteiger partial charge in [-0.2, -0.15) is 0 Å². The van der Waals surface area contributed by atoms with Crippen LogP contribution in [0.15, 0.2) is 46.9 Å². The summed E-state index contributed by atoms with van der Waals surface area (Å²) in [5, 5.41) is 0. The highest BCUT2D eigenvalue weighted by Gasteiger charge is 2.42. The molecule has 1 nitrogen and oxygen atoms in total. The van der Waals surface area contributed by atoms with Gasteiger partial charge >= 0.3 is 0 Å². The summed E-state index contributed by atoms with van der Waals surface area (Å²) in [6.45, 7) is 9.63. The van der Waals surface area contributed by atoms with Gasteiger partial charge in [0.2, 0.25) is 0 Å². The van der Waals surface area contributed by atoms with Crippen LogP contribution in [0, 0.1) is 5.41 Å². The van der Waals surface area contributed by atoms with E-state index >= 15 is 0 Å². The Morgan fingerprint density at radius 3 is 2.68 bits per heavy atom. The minimum absolute atomic E-state index is 0.121. The lowest BCUT2D eigenvalue weighted by molar-refractivity contribution is 0.0499. The van der Waals surface area contributed by atoms with E-state index in [2.05, 4.69) is 64.2 Å². The number of allylic oxidation sites excluding steroid dienone is 5. The van der Waals surface area contributed by atoms with Crippen molar-refractivity contribution in [3.8, 4) is 0 Å². The van der Waals surface area contributed by atoms with Crippen LogP contribution in [0.5, 0.6) is 0 Å². The van der Waals surface area contributed by atoms with Crippen molar-refractivity contribution in [1.29, 1.82) is 0 Å². The van der Waals surface area contributed by atoms with Crippen molar-refractivity contribution in [3.63, 3.8) is 0 Å². The summed E-state index contributed by atoms with van der Waals surface area (Å²) in [6, 6.07) is 0. The van der Waals surface area contributed by atoms with Crippen LogP contribution in [0.1, 0.15) is 40.5 Å². The van der Waals surface area contributed by atoms with Crippen LogP contribution in [0.25, 0.3) is 0 Å². The quantitative estimate of drug-likeness (QED) is 0.650. The number of hydrogen-bond acceptors (Lipinski definition) is 2. The van der Waals surface area contributed by atoms with Gasteiger partial charge < -0.3 is 4.74 Å². The molecule has 0 aromatic carbocycles. The lowest BCUT2D eigenvalue weighted by Crippen LogP contribution is -2.37. The van der Waals surface area contributed by atoms with Crippen molar-refractivity contribution >= 4 is 11.8 Å². The first kappa shape index (κ1) is 14.7. The maximum atomic E-state index is 6.24. The molecule has 0 N–H and O–H groups in total. The topological polar surface area (TPSA) is 9.23 Å². The molecule has 0 heterocycles. The maximum absolute atomic E-state index is 6.24. The van der Waals surface area contributed by atoms with Gasteiger partial charge in [-0.25, -0.2) is 0 Å². The predicted octanol–water partition coefficient (Wildman–Crippen LogP) is 5.23. The Balaban J connectivity index is 2.34. The van der Waals surface area contributed by atoms with Crippen LogP contribution in [0.3, 0.4) is 0 Å². The molecule has 0 aromatic rings. The van der Waals surface area contributed by atoms with Gasteiger partial charge in [-0.3, -0.25) is 0 Å². The first-order chi connectivity index (χ1) is 8.98. The Labute approximate surface area is 121 Å². The van der Waals surface area contributed by atoms with Gasteiger partial charge in [0, 0.05) is 17.9 Å². The second-order valence-electron chi connectivity index (χ2n) is 6.00. The highest BCUT2D eigenvalue weighted by molar-refractivity contribution is 8.04. The number of hydrogen-bond donors (Lipinski definition) is 0. The van der Waals surface area contributed by atoms with E-state index in [1.807, 2.05) is 11.8 Å². The van der Waals surface area contributed by atoms with E-state index in [1.165, 1.54) is 10.5 Å². The molecule has 0 saturated carbocycles. The highest BCUT2D eigenvalue weighted by Crippen LogP contribution is 2.50. The van der Waals surface area contributed by atoms with Gasteiger partial charge in [-0.1, -0.05) is 69.0 Å². The first-order valence-electron chi connectivity index (χ1n) is 7.05. The van der Waals surface area contributed by atoms with Crippen molar-refractivity contribution in [3.05, 3.63) is 46.9 Å². The lowest BCUT2D eigenvalue weighted by Gasteiger charge is -2.42. The summed E-state index contributed by atoms with van der Waals surface area (Å²) < 4.78 is 6.24. The van der Waals surface area contributed by atoms with Crippen molar-refractivity contribution in [1.82, 2.24) is 0 Å². The third-order valence-electron chi connectivity index (χ3n) is 3.40. The predicted molar refractivity (Wildman–Crippen MR) is 85.1 cm³/mol. The van der Waals surface area contributed by atoms with Gasteiger partial charge in [0.1, 0.15) is 4.93 Å². The molecule has 0 aromatic heterocycles. The molecule has 1 unspecified atom stereocenters. The molecule has 104 valence electrons. The Bertz CT molecular complexity index is 448. The fourth-order valence-electron chi connectivity index (χ4n) is 2.64. The average molecular weight is 276 g/mol. The zero-order valence-electron chi connectivity index (χ0n) is 12.4. The maximum Gasteiger partial charge on any atom is 0.143 e. The second-order valence-corrected chi connectivity index (χ2v) is 7.33. The zero-order valence-corrected chi connectivity index (χ0v) is 13.2. The summed E-state index contributed by atoms with van der Waals surface area (Å²) in [5.74, 6) is 0. The summed E-state index contributed by atoms with van der Waals surface area (Å²) in [6.07, 6.45) is 15.3. The van der Waals surface area contributed by atoms with E-state index in [9.17, 15) is 0 Å². The normalized spacial score (nSPS) is 26.5. The molecule has 19 heavy (non-hydrogen) atoms. The second kappa shape index (κ2) is 5.72. The third-order valence-corrected chi connectivity index (χ3v) is 4.77. The van der Waals surface area contributed by atoms with Gasteiger partial charge in [0.15, 0.2) is 0 Å². The van der Waals surface area contributed by atoms with E-state index in [1.54, 1.807) is 0 Å². The molecule has 1 atom stereocenters. The van der Waals surface area contributed by atoms with E-state index in [4.69, 9.17) is 4.74 Å². The van der Waals surface area contributed by atoms with Crippen molar-refractivity contribution in [2.75, 3.05) is 6.61 Å². The first-order valence-corrected chi connectivity index (χ1v) is 7.87. The van der Waals surface area contributed by atoms with Crippen molar-refractivity contribution in [2.45, 2.75) is 45.5 Å². The monoisotopic (exact) mass is 276 g/mol. The summed E-state index contributed by atoms with van der Waals surface area (Å²) in [5.41, 5.74) is 1.51. The summed E-state index contributed by atoms with van der Waals surface area (Å²) in [4.78, 5) is 1.10. The van der Waals surface area contributed by atoms with E-state index in [0.717, 1.165) is 19.4 Å². The molecular formula is C17H24OS. The van der Waals surface area contributed by atoms with Gasteiger partial charge in [-0.05, 0) is 24.3 Å². The molecule has 0 aliphatic heterocycles. The average Bonchev–Trinajstić information content (AvgIpc) is 2.81. The van der Waals surface area contributed by atoms with E-state index in [-0.39, 0.29) is 10.3 Å². The van der Waals surface area contributed by atoms with Crippen LogP contribution in [0.4, 0.5) is 0 Å². The minimum atomic E-state index is -0.234. The highest BCUT2D eigenvalue weighted by atomic mass is 32.2. The molecular weight excluding hydrogens is 252 g/mol. The van der Waals surface area contributed by atoms with E-state index < -0.39 is 0 Å². The smallest absolute Gasteiger partial charge is 0.143 e. The van der Waals surface area contributed by atoms with Crippen LogP contribution >= 0.6 is 11.8 Å². The molecule has 0 saturated heterocycles. The zero-order chi connectivity index (χ0) is 13.9. The van der Waals surface area contributed by atoms with Crippen LogP contribution in [-0.4, -0.2) is 11.5 Å². The van der Waals surface area contributed by atoms with Crippen LogP contribution in [0.2, 0.25) is 0 Å². The fraction of sp³-hybridized carbons (Fsp3) is 0.529. The Morgan fingerprint density at radius 1 is 1.32 bits per heavy atom. The molecule has 0 fully saturated rings. The lowest BCUT2D eigenvalue weighted by atomic mass is 9.79. The molecule has 2 aliphatic carbocycles. The van der Waals surface area contributed by atoms with Gasteiger partial charge in [0.25, 0.3) is 0 Å². The summed E-state index contributed by atoms with van der Waals surface area (Å²) in [7, 11) is 0. The molecule has 0 spiro atoms. The number of rotatable bonds is 4. The number of thioether (sulfide) groups is 1. The molecule has 0 bridgehead atoms. The minimum Gasteiger partial charge on any atom is -0.360 e. The number of ether oxygens (including phenoxy) is 1. The van der Waals surface area contributed by atoms with Gasteiger partial charge in [-0.15, -0.1) is 0 Å². The van der Waals surface area contributed by atoms with Crippen LogP contribution in [-0.2, 0) is 4.74 Å². The van der Waals surface area contributed by atoms with Crippen LogP contribution < -0.4 is 0 Å². The van der Waals surface area contributed by atoms with E-state index in [0.29, 0.717) is 0 Å². The molecule has 2 aliphatic rings. The molecule has 0 radical (unpaired) electrons. The SMILES string of the molecule is CCOC1(SC2=CCC=C2)CC=CC=C1C(C)(C)C. The standard InChI is InChI=1S/C17H24OS/c1-5-18-17(19-14-10-6-7-11-14)13-9-8-12-15(17)16(2,3)4/h6,8-12H,5,7,13H2,1-4H3. The van der Waals surface area contributed by atoms with Gasteiger partial charge in [0.05, 0.1) is 0 Å². The fourth-order valence-corrected chi connectivity index (χ4v) is 4.21. The van der Waals surface area contributed by atoms with Crippen molar-refractivity contribution in [2.24, 2.45) is 5.41 Å². The Morgan fingerprint density at radius 2 is 2.11 bits per heavy atom. The molecule has 2 heteroatoms. The molecule has 0 amide bonds. The summed E-state index contributed by atoms with van der Waals surface area (Å²) >= 11 is 1.87.